The second-order valence-corrected chi connectivity index (χ2v) is 6.52. The molecule has 1 amide bonds. The van der Waals surface area contributed by atoms with Gasteiger partial charge in [0.2, 0.25) is 0 Å². The summed E-state index contributed by atoms with van der Waals surface area (Å²) in [5, 5.41) is 4.99. The molecule has 9 nitrogen and oxygen atoms in total. The molecule has 0 bridgehead atoms. The molecule has 0 atom stereocenters. The molecule has 4 aromatic heterocycles. The third-order valence-electron chi connectivity index (χ3n) is 3.89. The molecule has 0 unspecified atom stereocenters. The molecule has 0 spiro atoms. The van der Waals surface area contributed by atoms with Gasteiger partial charge >= 0.3 is 5.97 Å². The average molecular weight is 394 g/mol. The number of anilines is 1. The van der Waals surface area contributed by atoms with Gasteiger partial charge in [-0.2, -0.15) is 0 Å². The highest BCUT2D eigenvalue weighted by Crippen LogP contribution is 2.26. The lowest BCUT2D eigenvalue weighted by Crippen LogP contribution is -2.12. The highest BCUT2D eigenvalue weighted by atomic mass is 32.1. The SMILES string of the molecule is COC(=O)c1cc(-c2csc(NC(=O)c3ccc(-n4ccnc4)nc3)n2)c[nH]1. The van der Waals surface area contributed by atoms with Crippen LogP contribution in [0.3, 0.4) is 0 Å². The van der Waals surface area contributed by atoms with E-state index in [2.05, 4.69) is 30.0 Å². The summed E-state index contributed by atoms with van der Waals surface area (Å²) >= 11 is 1.29. The Morgan fingerprint density at radius 2 is 2.21 bits per heavy atom. The number of nitrogens with zero attached hydrogens (tertiary/aromatic N) is 4. The topological polar surface area (TPSA) is 115 Å². The zero-order valence-electron chi connectivity index (χ0n) is 14.6. The van der Waals surface area contributed by atoms with Gasteiger partial charge in [0.15, 0.2) is 5.13 Å². The largest absolute Gasteiger partial charge is 0.464 e. The Balaban J connectivity index is 1.45. The second kappa shape index (κ2) is 7.45. The van der Waals surface area contributed by atoms with Crippen LogP contribution in [0.25, 0.3) is 17.1 Å². The van der Waals surface area contributed by atoms with Gasteiger partial charge in [0.05, 0.1) is 18.4 Å². The van der Waals surface area contributed by atoms with Gasteiger partial charge in [-0.05, 0) is 18.2 Å². The van der Waals surface area contributed by atoms with Crippen molar-refractivity contribution in [3.8, 4) is 17.1 Å². The lowest BCUT2D eigenvalue weighted by Gasteiger charge is -2.04. The summed E-state index contributed by atoms with van der Waals surface area (Å²) in [4.78, 5) is 39.4. The van der Waals surface area contributed by atoms with Gasteiger partial charge < -0.3 is 9.72 Å². The number of pyridine rings is 1. The minimum atomic E-state index is -0.457. The van der Waals surface area contributed by atoms with E-state index in [1.807, 2.05) is 0 Å². The van der Waals surface area contributed by atoms with E-state index in [1.54, 1.807) is 53.1 Å². The van der Waals surface area contributed by atoms with Crippen LogP contribution in [0.1, 0.15) is 20.8 Å². The predicted octanol–water partition coefficient (Wildman–Crippen LogP) is 2.76. The van der Waals surface area contributed by atoms with Crippen molar-refractivity contribution in [2.45, 2.75) is 0 Å². The summed E-state index contributed by atoms with van der Waals surface area (Å²) < 4.78 is 6.41. The van der Waals surface area contributed by atoms with Crippen LogP contribution < -0.4 is 5.32 Å². The smallest absolute Gasteiger partial charge is 0.354 e. The molecule has 0 saturated heterocycles. The number of esters is 1. The zero-order chi connectivity index (χ0) is 19.5. The van der Waals surface area contributed by atoms with Crippen molar-refractivity contribution in [1.82, 2.24) is 24.5 Å². The van der Waals surface area contributed by atoms with Crippen LogP contribution in [-0.4, -0.2) is 43.5 Å². The van der Waals surface area contributed by atoms with Gasteiger partial charge in [0.1, 0.15) is 17.8 Å². The average Bonchev–Trinajstić information content (AvgIpc) is 3.48. The number of rotatable bonds is 5. The van der Waals surface area contributed by atoms with Gasteiger partial charge in [0.25, 0.3) is 5.91 Å². The third-order valence-corrected chi connectivity index (χ3v) is 4.65. The Morgan fingerprint density at radius 3 is 2.93 bits per heavy atom. The molecule has 10 heteroatoms. The van der Waals surface area contributed by atoms with E-state index in [-0.39, 0.29) is 5.91 Å². The Bertz CT molecular complexity index is 1110. The van der Waals surface area contributed by atoms with Crippen molar-refractivity contribution >= 4 is 28.3 Å². The molecule has 2 N–H and O–H groups in total. The lowest BCUT2D eigenvalue weighted by atomic mass is 10.2. The standard InChI is InChI=1S/C18H14N6O3S/c1-27-17(26)13-6-12(8-20-13)14-9-28-18(22-14)23-16(25)11-2-3-15(21-7-11)24-5-4-19-10-24/h2-10,20H,1H3,(H,22,23,25). The maximum atomic E-state index is 12.4. The molecule has 0 aliphatic rings. The fraction of sp³-hybridized carbons (Fsp3) is 0.0556. The molecule has 4 rings (SSSR count). The highest BCUT2D eigenvalue weighted by molar-refractivity contribution is 7.14. The van der Waals surface area contributed by atoms with Gasteiger partial charge in [-0.3, -0.25) is 14.7 Å². The maximum absolute atomic E-state index is 12.4. The summed E-state index contributed by atoms with van der Waals surface area (Å²) in [5.74, 6) is -0.101. The van der Waals surface area contributed by atoms with Crippen LogP contribution >= 0.6 is 11.3 Å². The number of hydrogen-bond donors (Lipinski definition) is 2. The predicted molar refractivity (Wildman–Crippen MR) is 103 cm³/mol. The number of aromatic nitrogens is 5. The Hall–Kier alpha value is -3.79. The van der Waals surface area contributed by atoms with E-state index in [4.69, 9.17) is 0 Å². The van der Waals surface area contributed by atoms with E-state index in [0.29, 0.717) is 27.9 Å². The zero-order valence-corrected chi connectivity index (χ0v) is 15.4. The fourth-order valence-electron chi connectivity index (χ4n) is 2.47. The quantitative estimate of drug-likeness (QED) is 0.503. The first kappa shape index (κ1) is 17.6. The molecular formula is C18H14N6O3S. The number of carbonyl (C=O) groups excluding carboxylic acids is 2. The number of hydrogen-bond acceptors (Lipinski definition) is 7. The van der Waals surface area contributed by atoms with Crippen LogP contribution in [-0.2, 0) is 4.74 Å². The normalized spacial score (nSPS) is 10.6. The first-order chi connectivity index (χ1) is 13.6. The fourth-order valence-corrected chi connectivity index (χ4v) is 3.19. The maximum Gasteiger partial charge on any atom is 0.354 e. The Morgan fingerprint density at radius 1 is 1.32 bits per heavy atom. The molecule has 0 fully saturated rings. The molecule has 0 aromatic carbocycles. The van der Waals surface area contributed by atoms with Crippen molar-refractivity contribution in [1.29, 1.82) is 0 Å². The van der Waals surface area contributed by atoms with E-state index < -0.39 is 5.97 Å². The van der Waals surface area contributed by atoms with Gasteiger partial charge in [-0.1, -0.05) is 0 Å². The van der Waals surface area contributed by atoms with Crippen molar-refractivity contribution in [3.63, 3.8) is 0 Å². The number of aromatic amines is 1. The van der Waals surface area contributed by atoms with Crippen LogP contribution in [0.2, 0.25) is 0 Å². The number of carbonyl (C=O) groups is 2. The van der Waals surface area contributed by atoms with Crippen molar-refractivity contribution in [3.05, 3.63) is 66.0 Å². The van der Waals surface area contributed by atoms with E-state index >= 15 is 0 Å². The first-order valence-electron chi connectivity index (χ1n) is 8.12. The Labute approximate surface area is 163 Å². The summed E-state index contributed by atoms with van der Waals surface area (Å²) in [6, 6.07) is 5.06. The van der Waals surface area contributed by atoms with Crippen molar-refractivity contribution in [2.24, 2.45) is 0 Å². The minimum absolute atomic E-state index is 0.310. The second-order valence-electron chi connectivity index (χ2n) is 5.66. The van der Waals surface area contributed by atoms with Crippen molar-refractivity contribution in [2.75, 3.05) is 12.4 Å². The highest BCUT2D eigenvalue weighted by Gasteiger charge is 2.14. The molecule has 0 radical (unpaired) electrons. The number of H-pyrrole nitrogens is 1. The molecule has 140 valence electrons. The summed E-state index contributed by atoms with van der Waals surface area (Å²) in [5.41, 5.74) is 2.11. The third kappa shape index (κ3) is 3.53. The molecule has 0 aliphatic carbocycles. The number of thiazole rings is 1. The van der Waals surface area contributed by atoms with E-state index in [0.717, 1.165) is 5.56 Å². The van der Waals surface area contributed by atoms with Crippen LogP contribution in [0.15, 0.2) is 54.7 Å². The molecule has 0 aliphatic heterocycles. The molecular weight excluding hydrogens is 380 g/mol. The summed E-state index contributed by atoms with van der Waals surface area (Å²) in [7, 11) is 1.32. The number of imidazole rings is 1. The summed E-state index contributed by atoms with van der Waals surface area (Å²) in [6.45, 7) is 0. The molecule has 4 aromatic rings. The van der Waals surface area contributed by atoms with Crippen molar-refractivity contribution < 1.29 is 14.3 Å². The van der Waals surface area contributed by atoms with Gasteiger partial charge in [-0.25, -0.2) is 19.7 Å². The Kier molecular flexibility index (Phi) is 4.68. The molecule has 0 saturated carbocycles. The van der Waals surface area contributed by atoms with Crippen LogP contribution in [0.5, 0.6) is 0 Å². The van der Waals surface area contributed by atoms with Crippen LogP contribution in [0.4, 0.5) is 5.13 Å². The number of amides is 1. The molecule has 4 heterocycles. The number of ether oxygens (including phenoxy) is 1. The first-order valence-corrected chi connectivity index (χ1v) is 9.00. The number of nitrogens with one attached hydrogen (secondary N) is 2. The summed E-state index contributed by atoms with van der Waals surface area (Å²) in [6.07, 6.45) is 8.21. The van der Waals surface area contributed by atoms with E-state index in [1.165, 1.54) is 24.6 Å². The number of methoxy groups -OCH3 is 1. The van der Waals surface area contributed by atoms with E-state index in [9.17, 15) is 9.59 Å². The van der Waals surface area contributed by atoms with Crippen LogP contribution in [0, 0.1) is 0 Å². The van der Waals surface area contributed by atoms with Gasteiger partial charge in [0, 0.05) is 35.7 Å². The molecule has 28 heavy (non-hydrogen) atoms. The minimum Gasteiger partial charge on any atom is -0.464 e. The monoisotopic (exact) mass is 394 g/mol. The van der Waals surface area contributed by atoms with Gasteiger partial charge in [-0.15, -0.1) is 11.3 Å². The lowest BCUT2D eigenvalue weighted by molar-refractivity contribution is 0.0594.